The second kappa shape index (κ2) is 10.0. The van der Waals surface area contributed by atoms with E-state index in [2.05, 4.69) is 11.1 Å². The standard InChI is InChI=1S/C24H21N3O4/c1-30-22-14-18-12-13-26-24(21(18)15-23(22)31-2)19(16-25)7-5-3-4-6-17-8-10-20(11-9-17)27(28)29/h3-11,14-15H,12-13H2,1-2H3/b5-3+,6-4+,19-7+. The first kappa shape index (κ1) is 21.5. The zero-order chi connectivity index (χ0) is 22.2. The van der Waals surface area contributed by atoms with Crippen LogP contribution in [0.5, 0.6) is 11.5 Å². The number of hydrogen-bond donors (Lipinski definition) is 0. The fourth-order valence-corrected chi connectivity index (χ4v) is 3.21. The summed E-state index contributed by atoms with van der Waals surface area (Å²) in [5, 5.41) is 20.4. The molecule has 0 saturated heterocycles. The quantitative estimate of drug-likeness (QED) is 0.283. The summed E-state index contributed by atoms with van der Waals surface area (Å²) in [5.41, 5.74) is 3.91. The predicted octanol–water partition coefficient (Wildman–Crippen LogP) is 4.68. The van der Waals surface area contributed by atoms with Crippen LogP contribution in [0.2, 0.25) is 0 Å². The van der Waals surface area contributed by atoms with E-state index < -0.39 is 4.92 Å². The van der Waals surface area contributed by atoms with Crippen molar-refractivity contribution < 1.29 is 14.4 Å². The number of rotatable bonds is 7. The second-order valence-electron chi connectivity index (χ2n) is 6.63. The number of ether oxygens (including phenoxy) is 2. The first-order chi connectivity index (χ1) is 15.1. The molecule has 0 fully saturated rings. The molecule has 1 aliphatic rings. The largest absolute Gasteiger partial charge is 0.493 e. The topological polar surface area (TPSA) is 97.8 Å². The Bertz CT molecular complexity index is 1140. The van der Waals surface area contributed by atoms with E-state index in [0.29, 0.717) is 29.3 Å². The highest BCUT2D eigenvalue weighted by Crippen LogP contribution is 2.33. The van der Waals surface area contributed by atoms with Crippen molar-refractivity contribution in [3.8, 4) is 17.6 Å². The van der Waals surface area contributed by atoms with Gasteiger partial charge in [0.2, 0.25) is 0 Å². The number of nitro benzene ring substituents is 1. The van der Waals surface area contributed by atoms with Crippen LogP contribution in [-0.4, -0.2) is 31.4 Å². The van der Waals surface area contributed by atoms with Gasteiger partial charge in [0, 0.05) is 24.2 Å². The number of methoxy groups -OCH3 is 2. The van der Waals surface area contributed by atoms with Gasteiger partial charge in [-0.2, -0.15) is 5.26 Å². The van der Waals surface area contributed by atoms with Crippen LogP contribution in [0.15, 0.2) is 71.3 Å². The summed E-state index contributed by atoms with van der Waals surface area (Å²) in [7, 11) is 3.17. The van der Waals surface area contributed by atoms with Gasteiger partial charge in [-0.25, -0.2) is 0 Å². The van der Waals surface area contributed by atoms with Crippen LogP contribution in [0.25, 0.3) is 6.08 Å². The highest BCUT2D eigenvalue weighted by molar-refractivity contribution is 6.16. The van der Waals surface area contributed by atoms with Crippen molar-refractivity contribution in [1.82, 2.24) is 0 Å². The molecule has 156 valence electrons. The van der Waals surface area contributed by atoms with Gasteiger partial charge in [0.05, 0.1) is 30.4 Å². The monoisotopic (exact) mass is 415 g/mol. The molecule has 31 heavy (non-hydrogen) atoms. The van der Waals surface area contributed by atoms with Crippen LogP contribution >= 0.6 is 0 Å². The van der Waals surface area contributed by atoms with Crippen molar-refractivity contribution in [2.24, 2.45) is 4.99 Å². The molecule has 0 aliphatic carbocycles. The molecule has 0 amide bonds. The van der Waals surface area contributed by atoms with E-state index in [1.54, 1.807) is 50.7 Å². The molecule has 0 bridgehead atoms. The molecule has 2 aromatic rings. The van der Waals surface area contributed by atoms with Crippen molar-refractivity contribution in [2.75, 3.05) is 20.8 Å². The number of hydrogen-bond acceptors (Lipinski definition) is 6. The summed E-state index contributed by atoms with van der Waals surface area (Å²) in [5.74, 6) is 1.25. The number of aliphatic imine (C=N–C) groups is 1. The molecule has 0 saturated carbocycles. The van der Waals surface area contributed by atoms with E-state index in [1.807, 2.05) is 18.2 Å². The zero-order valence-electron chi connectivity index (χ0n) is 17.2. The number of non-ortho nitro benzene ring substituents is 1. The number of fused-ring (bicyclic) bond motifs is 1. The van der Waals surface area contributed by atoms with Crippen LogP contribution in [0.1, 0.15) is 16.7 Å². The lowest BCUT2D eigenvalue weighted by atomic mass is 9.92. The Morgan fingerprint density at radius 1 is 1.13 bits per heavy atom. The molecule has 0 atom stereocenters. The minimum absolute atomic E-state index is 0.0528. The molecule has 7 nitrogen and oxygen atoms in total. The molecular weight excluding hydrogens is 394 g/mol. The SMILES string of the molecule is COc1cc2c(cc1OC)C(/C(C#N)=C/C=C/C=C/c1ccc([N+](=O)[O-])cc1)=NCC2. The third-order valence-corrected chi connectivity index (χ3v) is 4.77. The lowest BCUT2D eigenvalue weighted by molar-refractivity contribution is -0.384. The van der Waals surface area contributed by atoms with Gasteiger partial charge in [-0.05, 0) is 47.9 Å². The molecule has 1 heterocycles. The highest BCUT2D eigenvalue weighted by atomic mass is 16.6. The van der Waals surface area contributed by atoms with Crippen LogP contribution < -0.4 is 9.47 Å². The molecule has 0 unspecified atom stereocenters. The maximum Gasteiger partial charge on any atom is 0.269 e. The summed E-state index contributed by atoms with van der Waals surface area (Å²) in [6, 6.07) is 12.3. The van der Waals surface area contributed by atoms with Gasteiger partial charge >= 0.3 is 0 Å². The van der Waals surface area contributed by atoms with E-state index in [4.69, 9.17) is 9.47 Å². The molecule has 1 aliphatic heterocycles. The third kappa shape index (κ3) is 5.06. The maximum absolute atomic E-state index is 10.7. The highest BCUT2D eigenvalue weighted by Gasteiger charge is 2.20. The van der Waals surface area contributed by atoms with Crippen molar-refractivity contribution in [2.45, 2.75) is 6.42 Å². The maximum atomic E-state index is 10.7. The molecule has 2 aromatic carbocycles. The fraction of sp³-hybridized carbons (Fsp3) is 0.167. The van der Waals surface area contributed by atoms with E-state index in [-0.39, 0.29) is 5.69 Å². The van der Waals surface area contributed by atoms with Crippen molar-refractivity contribution in [3.05, 3.63) is 93.1 Å². The van der Waals surface area contributed by atoms with E-state index in [9.17, 15) is 15.4 Å². The van der Waals surface area contributed by atoms with Gasteiger partial charge in [-0.3, -0.25) is 15.1 Å². The Morgan fingerprint density at radius 2 is 1.84 bits per heavy atom. The van der Waals surface area contributed by atoms with Crippen molar-refractivity contribution in [3.63, 3.8) is 0 Å². The Labute approximate surface area is 180 Å². The first-order valence-electron chi connectivity index (χ1n) is 9.57. The Hall–Kier alpha value is -4.18. The minimum Gasteiger partial charge on any atom is -0.493 e. The van der Waals surface area contributed by atoms with Gasteiger partial charge in [0.1, 0.15) is 6.07 Å². The van der Waals surface area contributed by atoms with E-state index in [0.717, 1.165) is 23.1 Å². The molecular formula is C24H21N3O4. The predicted molar refractivity (Wildman–Crippen MR) is 120 cm³/mol. The summed E-state index contributed by atoms with van der Waals surface area (Å²) in [6.45, 7) is 0.598. The molecule has 0 radical (unpaired) electrons. The normalized spacial score (nSPS) is 13.6. The molecule has 7 heteroatoms. The van der Waals surface area contributed by atoms with Crippen LogP contribution in [0.3, 0.4) is 0 Å². The summed E-state index contributed by atoms with van der Waals surface area (Å²) >= 11 is 0. The summed E-state index contributed by atoms with van der Waals surface area (Å²) < 4.78 is 10.8. The van der Waals surface area contributed by atoms with Gasteiger partial charge < -0.3 is 9.47 Å². The Balaban J connectivity index is 1.79. The summed E-state index contributed by atoms with van der Waals surface area (Å²) in [4.78, 5) is 14.8. The lowest BCUT2D eigenvalue weighted by Crippen LogP contribution is -2.15. The average Bonchev–Trinajstić information content (AvgIpc) is 2.80. The summed E-state index contributed by atoms with van der Waals surface area (Å²) in [6.07, 6.45) is 9.66. The van der Waals surface area contributed by atoms with E-state index in [1.165, 1.54) is 12.1 Å². The van der Waals surface area contributed by atoms with Crippen LogP contribution in [0.4, 0.5) is 5.69 Å². The number of nitriles is 1. The Kier molecular flexibility index (Phi) is 6.97. The minimum atomic E-state index is -0.431. The first-order valence-corrected chi connectivity index (χ1v) is 9.57. The average molecular weight is 415 g/mol. The number of benzene rings is 2. The molecule has 0 N–H and O–H groups in total. The number of nitrogens with zero attached hydrogens (tertiary/aromatic N) is 3. The van der Waals surface area contributed by atoms with E-state index >= 15 is 0 Å². The van der Waals surface area contributed by atoms with Crippen molar-refractivity contribution >= 4 is 17.5 Å². The second-order valence-corrected chi connectivity index (χ2v) is 6.63. The van der Waals surface area contributed by atoms with Crippen LogP contribution in [0, 0.1) is 21.4 Å². The smallest absolute Gasteiger partial charge is 0.269 e. The number of nitro groups is 1. The molecule has 0 aromatic heterocycles. The number of allylic oxidation sites excluding steroid dienone is 5. The fourth-order valence-electron chi connectivity index (χ4n) is 3.21. The Morgan fingerprint density at radius 3 is 2.48 bits per heavy atom. The van der Waals surface area contributed by atoms with Crippen LogP contribution in [-0.2, 0) is 6.42 Å². The van der Waals surface area contributed by atoms with Gasteiger partial charge in [0.25, 0.3) is 5.69 Å². The lowest BCUT2D eigenvalue weighted by Gasteiger charge is -2.19. The molecule has 0 spiro atoms. The van der Waals surface area contributed by atoms with Crippen molar-refractivity contribution in [1.29, 1.82) is 5.26 Å². The van der Waals surface area contributed by atoms with Gasteiger partial charge in [-0.1, -0.05) is 24.3 Å². The van der Waals surface area contributed by atoms with Gasteiger partial charge in [0.15, 0.2) is 11.5 Å². The van der Waals surface area contributed by atoms with Gasteiger partial charge in [-0.15, -0.1) is 0 Å². The third-order valence-electron chi connectivity index (χ3n) is 4.77. The zero-order valence-corrected chi connectivity index (χ0v) is 17.2. The molecule has 3 rings (SSSR count).